The second kappa shape index (κ2) is 6.45. The molecule has 0 radical (unpaired) electrons. The number of benzene rings is 1. The van der Waals surface area contributed by atoms with E-state index in [-0.39, 0.29) is 10.5 Å². The molecule has 0 bridgehead atoms. The summed E-state index contributed by atoms with van der Waals surface area (Å²) in [5, 5.41) is 4.55. The van der Waals surface area contributed by atoms with E-state index in [2.05, 4.69) is 21.2 Å². The number of hydrogen-bond donors (Lipinski definition) is 1. The summed E-state index contributed by atoms with van der Waals surface area (Å²) in [6.45, 7) is 1.80. The standard InChI is InChI=1S/C14H12BrF2NOS/c1-8(5-10-3-2-4-20-10)18-14(19)13-11(16)6-9(15)7-12(13)17/h2-4,6-8H,5H2,1H3,(H,18,19). The van der Waals surface area contributed by atoms with Crippen LogP contribution < -0.4 is 5.32 Å². The molecular weight excluding hydrogens is 348 g/mol. The molecule has 0 aliphatic rings. The van der Waals surface area contributed by atoms with Crippen LogP contribution in [0.1, 0.15) is 22.2 Å². The molecule has 0 aliphatic heterocycles. The number of nitrogens with one attached hydrogen (secondary N) is 1. The third-order valence-corrected chi connectivity index (χ3v) is 4.06. The van der Waals surface area contributed by atoms with E-state index in [0.717, 1.165) is 17.0 Å². The lowest BCUT2D eigenvalue weighted by atomic mass is 10.1. The van der Waals surface area contributed by atoms with Crippen molar-refractivity contribution in [2.75, 3.05) is 0 Å². The quantitative estimate of drug-likeness (QED) is 0.872. The van der Waals surface area contributed by atoms with Gasteiger partial charge in [0, 0.05) is 21.8 Å². The summed E-state index contributed by atoms with van der Waals surface area (Å²) >= 11 is 4.55. The van der Waals surface area contributed by atoms with Crippen molar-refractivity contribution in [2.24, 2.45) is 0 Å². The third kappa shape index (κ3) is 3.64. The topological polar surface area (TPSA) is 29.1 Å². The predicted octanol–water partition coefficient (Wildman–Crippen LogP) is 4.15. The van der Waals surface area contributed by atoms with Crippen LogP contribution in [0.3, 0.4) is 0 Å². The van der Waals surface area contributed by atoms with Gasteiger partial charge in [-0.15, -0.1) is 11.3 Å². The molecule has 6 heteroatoms. The minimum absolute atomic E-state index is 0.205. The molecule has 1 atom stereocenters. The Balaban J connectivity index is 2.08. The average Bonchev–Trinajstić information content (AvgIpc) is 2.79. The summed E-state index contributed by atoms with van der Waals surface area (Å²) in [5.74, 6) is -2.49. The lowest BCUT2D eigenvalue weighted by Gasteiger charge is -2.14. The van der Waals surface area contributed by atoms with Crippen LogP contribution in [0.5, 0.6) is 0 Å². The lowest BCUT2D eigenvalue weighted by molar-refractivity contribution is 0.0931. The normalized spacial score (nSPS) is 12.2. The van der Waals surface area contributed by atoms with Crippen molar-refractivity contribution in [3.63, 3.8) is 0 Å². The summed E-state index contributed by atoms with van der Waals surface area (Å²) in [4.78, 5) is 13.0. The number of amides is 1. The van der Waals surface area contributed by atoms with Crippen LogP contribution in [0.2, 0.25) is 0 Å². The molecule has 0 aliphatic carbocycles. The SMILES string of the molecule is CC(Cc1cccs1)NC(=O)c1c(F)cc(Br)cc1F. The van der Waals surface area contributed by atoms with Crippen molar-refractivity contribution in [3.05, 3.63) is 56.2 Å². The van der Waals surface area contributed by atoms with Gasteiger partial charge in [0.1, 0.15) is 17.2 Å². The minimum atomic E-state index is -0.877. The van der Waals surface area contributed by atoms with E-state index in [0.29, 0.717) is 6.42 Å². The van der Waals surface area contributed by atoms with Gasteiger partial charge in [0.25, 0.3) is 5.91 Å². The highest BCUT2D eigenvalue weighted by Crippen LogP contribution is 2.19. The van der Waals surface area contributed by atoms with E-state index in [4.69, 9.17) is 0 Å². The second-order valence-corrected chi connectivity index (χ2v) is 6.35. The fourth-order valence-electron chi connectivity index (χ4n) is 1.84. The number of hydrogen-bond acceptors (Lipinski definition) is 2. The third-order valence-electron chi connectivity index (χ3n) is 2.70. The first-order chi connectivity index (χ1) is 9.47. The fraction of sp³-hybridized carbons (Fsp3) is 0.214. The monoisotopic (exact) mass is 359 g/mol. The van der Waals surface area contributed by atoms with Gasteiger partial charge in [0.15, 0.2) is 0 Å². The number of carbonyl (C=O) groups excluding carboxylic acids is 1. The summed E-state index contributed by atoms with van der Waals surface area (Å²) < 4.78 is 27.6. The zero-order chi connectivity index (χ0) is 14.7. The smallest absolute Gasteiger partial charge is 0.257 e. The van der Waals surface area contributed by atoms with Gasteiger partial charge in [-0.1, -0.05) is 22.0 Å². The molecule has 2 nitrogen and oxygen atoms in total. The molecule has 1 N–H and O–H groups in total. The fourth-order valence-corrected chi connectivity index (χ4v) is 3.07. The highest BCUT2D eigenvalue weighted by atomic mass is 79.9. The maximum absolute atomic E-state index is 13.7. The molecule has 1 unspecified atom stereocenters. The Kier molecular flexibility index (Phi) is 4.88. The van der Waals surface area contributed by atoms with E-state index < -0.39 is 23.1 Å². The highest BCUT2D eigenvalue weighted by Gasteiger charge is 2.20. The number of halogens is 3. The number of thiophene rings is 1. The van der Waals surface area contributed by atoms with Gasteiger partial charge in [-0.2, -0.15) is 0 Å². The summed E-state index contributed by atoms with van der Waals surface area (Å²) in [7, 11) is 0. The molecule has 0 saturated heterocycles. The Hall–Kier alpha value is -1.27. The molecule has 1 heterocycles. The van der Waals surface area contributed by atoms with Crippen molar-refractivity contribution in [1.29, 1.82) is 0 Å². The van der Waals surface area contributed by atoms with Crippen molar-refractivity contribution >= 4 is 33.2 Å². The van der Waals surface area contributed by atoms with E-state index in [1.165, 1.54) is 0 Å². The summed E-state index contributed by atoms with van der Waals surface area (Å²) in [6, 6.07) is 5.81. The molecular formula is C14H12BrF2NOS. The minimum Gasteiger partial charge on any atom is -0.349 e. The highest BCUT2D eigenvalue weighted by molar-refractivity contribution is 9.10. The van der Waals surface area contributed by atoms with Crippen LogP contribution in [-0.4, -0.2) is 11.9 Å². The number of rotatable bonds is 4. The van der Waals surface area contributed by atoms with E-state index in [1.807, 2.05) is 17.5 Å². The zero-order valence-electron chi connectivity index (χ0n) is 10.6. The molecule has 0 spiro atoms. The molecule has 1 amide bonds. The predicted molar refractivity (Wildman–Crippen MR) is 79.0 cm³/mol. The average molecular weight is 360 g/mol. The van der Waals surface area contributed by atoms with Crippen molar-refractivity contribution in [1.82, 2.24) is 5.32 Å². The summed E-state index contributed by atoms with van der Waals surface area (Å²) in [6.07, 6.45) is 0.628. The molecule has 20 heavy (non-hydrogen) atoms. The number of carbonyl (C=O) groups is 1. The van der Waals surface area contributed by atoms with Gasteiger partial charge < -0.3 is 5.32 Å². The van der Waals surface area contributed by atoms with Crippen LogP contribution in [0.25, 0.3) is 0 Å². The molecule has 2 aromatic rings. The molecule has 0 saturated carbocycles. The molecule has 2 rings (SSSR count). The Morgan fingerprint density at radius 1 is 1.40 bits per heavy atom. The molecule has 1 aromatic carbocycles. The van der Waals surface area contributed by atoms with Crippen LogP contribution in [0.15, 0.2) is 34.1 Å². The molecule has 1 aromatic heterocycles. The largest absolute Gasteiger partial charge is 0.349 e. The summed E-state index contributed by atoms with van der Waals surface area (Å²) in [5.41, 5.74) is -0.550. The van der Waals surface area contributed by atoms with Gasteiger partial charge in [0.2, 0.25) is 0 Å². The first-order valence-electron chi connectivity index (χ1n) is 5.95. The van der Waals surface area contributed by atoms with Gasteiger partial charge in [-0.05, 0) is 30.5 Å². The van der Waals surface area contributed by atoms with E-state index in [1.54, 1.807) is 18.3 Å². The maximum Gasteiger partial charge on any atom is 0.257 e. The van der Waals surface area contributed by atoms with E-state index in [9.17, 15) is 13.6 Å². The Morgan fingerprint density at radius 3 is 2.60 bits per heavy atom. The van der Waals surface area contributed by atoms with Gasteiger partial charge in [-0.3, -0.25) is 4.79 Å². The Labute approximate surface area is 127 Å². The van der Waals surface area contributed by atoms with Crippen molar-refractivity contribution in [3.8, 4) is 0 Å². The van der Waals surface area contributed by atoms with Gasteiger partial charge >= 0.3 is 0 Å². The maximum atomic E-state index is 13.7. The zero-order valence-corrected chi connectivity index (χ0v) is 13.0. The van der Waals surface area contributed by atoms with Crippen LogP contribution >= 0.6 is 27.3 Å². The Morgan fingerprint density at radius 2 is 2.05 bits per heavy atom. The van der Waals surface area contributed by atoms with Crippen LogP contribution in [0.4, 0.5) is 8.78 Å². The van der Waals surface area contributed by atoms with Crippen molar-refractivity contribution in [2.45, 2.75) is 19.4 Å². The Bertz CT molecular complexity index is 593. The first kappa shape index (κ1) is 15.1. The van der Waals surface area contributed by atoms with E-state index >= 15 is 0 Å². The molecule has 106 valence electrons. The van der Waals surface area contributed by atoms with Crippen LogP contribution in [-0.2, 0) is 6.42 Å². The molecule has 0 fully saturated rings. The first-order valence-corrected chi connectivity index (χ1v) is 7.62. The van der Waals surface area contributed by atoms with Gasteiger partial charge in [0.05, 0.1) is 0 Å². The lowest BCUT2D eigenvalue weighted by Crippen LogP contribution is -2.35. The second-order valence-electron chi connectivity index (χ2n) is 4.40. The van der Waals surface area contributed by atoms with Crippen molar-refractivity contribution < 1.29 is 13.6 Å². The van der Waals surface area contributed by atoms with Gasteiger partial charge in [-0.25, -0.2) is 8.78 Å². The van der Waals surface area contributed by atoms with Crippen LogP contribution in [0, 0.1) is 11.6 Å².